The van der Waals surface area contributed by atoms with Gasteiger partial charge in [0.1, 0.15) is 11.6 Å². The van der Waals surface area contributed by atoms with Gasteiger partial charge in [-0.05, 0) is 32.3 Å². The summed E-state index contributed by atoms with van der Waals surface area (Å²) in [5.41, 5.74) is 7.65. The Morgan fingerprint density at radius 1 is 1.15 bits per heavy atom. The summed E-state index contributed by atoms with van der Waals surface area (Å²) in [7, 11) is 5.09. The van der Waals surface area contributed by atoms with E-state index in [-0.39, 0.29) is 42.0 Å². The molecule has 0 spiro atoms. The number of anilines is 1. The summed E-state index contributed by atoms with van der Waals surface area (Å²) in [6, 6.07) is 10.8. The number of ether oxygens (including phenoxy) is 1. The van der Waals surface area contributed by atoms with E-state index in [4.69, 9.17) is 10.5 Å². The molecule has 3 N–H and O–H groups in total. The summed E-state index contributed by atoms with van der Waals surface area (Å²) in [5.74, 6) is -1.04. The van der Waals surface area contributed by atoms with E-state index in [0.29, 0.717) is 6.61 Å². The fourth-order valence-electron chi connectivity index (χ4n) is 2.63. The number of likely N-dealkylation sites (N-methyl/N-ethyl adjacent to an activating group) is 1. The molecular formula is C19H25F2IN4O. The summed E-state index contributed by atoms with van der Waals surface area (Å²) in [4.78, 5) is 5.97. The second kappa shape index (κ2) is 11.2. The van der Waals surface area contributed by atoms with Crippen LogP contribution in [0.2, 0.25) is 0 Å². The van der Waals surface area contributed by atoms with Crippen LogP contribution in [0.1, 0.15) is 17.2 Å². The maximum Gasteiger partial charge on any atom is 0.193 e. The zero-order chi connectivity index (χ0) is 19.1. The van der Waals surface area contributed by atoms with Crippen LogP contribution in [0.4, 0.5) is 14.5 Å². The Balaban J connectivity index is 0.00000364. The van der Waals surface area contributed by atoms with Gasteiger partial charge in [0.2, 0.25) is 0 Å². The van der Waals surface area contributed by atoms with Gasteiger partial charge in [0.15, 0.2) is 5.96 Å². The summed E-state index contributed by atoms with van der Waals surface area (Å²) in [6.45, 7) is 0.535. The van der Waals surface area contributed by atoms with Crippen LogP contribution in [0.15, 0.2) is 47.5 Å². The van der Waals surface area contributed by atoms with Gasteiger partial charge in [0.25, 0.3) is 0 Å². The molecule has 0 aromatic heterocycles. The third kappa shape index (κ3) is 6.40. The number of nitrogens with two attached hydrogens (primary N) is 1. The molecule has 0 radical (unpaired) electrons. The third-order valence-electron chi connectivity index (χ3n) is 3.97. The van der Waals surface area contributed by atoms with E-state index in [1.807, 2.05) is 24.3 Å². The van der Waals surface area contributed by atoms with Gasteiger partial charge in [-0.1, -0.05) is 24.3 Å². The molecule has 1 atom stereocenters. The number of nitrogens with zero attached hydrogens (tertiary/aromatic N) is 2. The number of benzene rings is 2. The highest BCUT2D eigenvalue weighted by atomic mass is 127. The van der Waals surface area contributed by atoms with Crippen LogP contribution in [0.3, 0.4) is 0 Å². The van der Waals surface area contributed by atoms with Crippen molar-refractivity contribution in [1.82, 2.24) is 4.90 Å². The molecule has 0 aliphatic carbocycles. The SMILES string of the molecule is COCc1ccccc1NC(N)=NCC(c1c(F)cccc1F)N(C)C.I. The summed E-state index contributed by atoms with van der Waals surface area (Å²) in [5, 5.41) is 3.01. The van der Waals surface area contributed by atoms with Gasteiger partial charge in [-0.2, -0.15) is 0 Å². The average Bonchev–Trinajstić information content (AvgIpc) is 2.59. The first-order valence-corrected chi connectivity index (χ1v) is 8.18. The summed E-state index contributed by atoms with van der Waals surface area (Å²) >= 11 is 0. The Kier molecular flexibility index (Phi) is 9.61. The minimum absolute atomic E-state index is 0. The number of hydrogen-bond donors (Lipinski definition) is 2. The lowest BCUT2D eigenvalue weighted by molar-refractivity contribution is 0.185. The molecule has 1 unspecified atom stereocenters. The number of halogens is 3. The average molecular weight is 490 g/mol. The molecule has 0 bridgehead atoms. The molecule has 2 rings (SSSR count). The van der Waals surface area contributed by atoms with E-state index in [1.165, 1.54) is 18.2 Å². The highest BCUT2D eigenvalue weighted by Crippen LogP contribution is 2.25. The van der Waals surface area contributed by atoms with E-state index < -0.39 is 17.7 Å². The zero-order valence-electron chi connectivity index (χ0n) is 15.6. The van der Waals surface area contributed by atoms with Crippen molar-refractivity contribution in [1.29, 1.82) is 0 Å². The van der Waals surface area contributed by atoms with Gasteiger partial charge < -0.3 is 20.7 Å². The minimum atomic E-state index is -0.601. The van der Waals surface area contributed by atoms with Crippen molar-refractivity contribution in [2.45, 2.75) is 12.6 Å². The quantitative estimate of drug-likeness (QED) is 0.353. The van der Waals surface area contributed by atoms with E-state index in [1.54, 1.807) is 26.1 Å². The van der Waals surface area contributed by atoms with E-state index in [9.17, 15) is 8.78 Å². The number of methoxy groups -OCH3 is 1. The smallest absolute Gasteiger partial charge is 0.193 e. The van der Waals surface area contributed by atoms with Crippen molar-refractivity contribution in [2.75, 3.05) is 33.1 Å². The molecule has 0 aliphatic rings. The van der Waals surface area contributed by atoms with Crippen LogP contribution in [0, 0.1) is 11.6 Å². The molecule has 0 saturated carbocycles. The fourth-order valence-corrected chi connectivity index (χ4v) is 2.63. The molecule has 0 saturated heterocycles. The van der Waals surface area contributed by atoms with Crippen LogP contribution in [0.5, 0.6) is 0 Å². The number of para-hydroxylation sites is 1. The molecule has 0 heterocycles. The van der Waals surface area contributed by atoms with Gasteiger partial charge in [-0.25, -0.2) is 8.78 Å². The molecule has 0 fully saturated rings. The number of nitrogens with one attached hydrogen (secondary N) is 1. The van der Waals surface area contributed by atoms with Gasteiger partial charge in [-0.3, -0.25) is 4.99 Å². The zero-order valence-corrected chi connectivity index (χ0v) is 17.9. The predicted molar refractivity (Wildman–Crippen MR) is 115 cm³/mol. The maximum absolute atomic E-state index is 14.1. The number of rotatable bonds is 7. The summed E-state index contributed by atoms with van der Waals surface area (Å²) in [6.07, 6.45) is 0. The summed E-state index contributed by atoms with van der Waals surface area (Å²) < 4.78 is 33.3. The fraction of sp³-hybridized carbons (Fsp3) is 0.316. The Hall–Kier alpha value is -1.78. The third-order valence-corrected chi connectivity index (χ3v) is 3.97. The Labute approximate surface area is 175 Å². The standard InChI is InChI=1S/C19H24F2N4O.HI/c1-25(2)17(18-14(20)8-6-9-15(18)21)11-23-19(22)24-16-10-5-4-7-13(16)12-26-3;/h4-10,17H,11-12H2,1-3H3,(H3,22,23,24);1H. The van der Waals surface area contributed by atoms with Crippen molar-refractivity contribution >= 4 is 35.6 Å². The Morgan fingerprint density at radius 3 is 2.37 bits per heavy atom. The van der Waals surface area contributed by atoms with Crippen LogP contribution in [-0.4, -0.2) is 38.6 Å². The molecule has 0 amide bonds. The molecule has 5 nitrogen and oxygen atoms in total. The van der Waals surface area contributed by atoms with Crippen LogP contribution < -0.4 is 11.1 Å². The Bertz CT molecular complexity index is 751. The number of guanidine groups is 1. The first-order chi connectivity index (χ1) is 12.4. The molecular weight excluding hydrogens is 465 g/mol. The topological polar surface area (TPSA) is 62.9 Å². The number of hydrogen-bond acceptors (Lipinski definition) is 3. The van der Waals surface area contributed by atoms with Crippen molar-refractivity contribution in [3.63, 3.8) is 0 Å². The maximum atomic E-state index is 14.1. The lowest BCUT2D eigenvalue weighted by Gasteiger charge is -2.24. The highest BCUT2D eigenvalue weighted by Gasteiger charge is 2.22. The molecule has 8 heteroatoms. The molecule has 0 aliphatic heterocycles. The van der Waals surface area contributed by atoms with Gasteiger partial charge in [0, 0.05) is 23.9 Å². The Morgan fingerprint density at radius 2 is 1.78 bits per heavy atom. The molecule has 148 valence electrons. The second-order valence-electron chi connectivity index (χ2n) is 6.06. The number of aliphatic imine (C=N–C) groups is 1. The van der Waals surface area contributed by atoms with E-state index >= 15 is 0 Å². The van der Waals surface area contributed by atoms with Crippen LogP contribution in [-0.2, 0) is 11.3 Å². The molecule has 2 aromatic carbocycles. The minimum Gasteiger partial charge on any atom is -0.380 e. The van der Waals surface area contributed by atoms with Crippen molar-refractivity contribution in [2.24, 2.45) is 10.7 Å². The lowest BCUT2D eigenvalue weighted by Crippen LogP contribution is -2.28. The normalized spacial score (nSPS) is 12.6. The first-order valence-electron chi connectivity index (χ1n) is 8.18. The van der Waals surface area contributed by atoms with Gasteiger partial charge in [0.05, 0.1) is 19.2 Å². The van der Waals surface area contributed by atoms with Gasteiger partial charge in [-0.15, -0.1) is 24.0 Å². The highest BCUT2D eigenvalue weighted by molar-refractivity contribution is 14.0. The van der Waals surface area contributed by atoms with E-state index in [2.05, 4.69) is 10.3 Å². The van der Waals surface area contributed by atoms with E-state index in [0.717, 1.165) is 11.3 Å². The van der Waals surface area contributed by atoms with Crippen LogP contribution in [0.25, 0.3) is 0 Å². The molecule has 2 aromatic rings. The van der Waals surface area contributed by atoms with Crippen molar-refractivity contribution < 1.29 is 13.5 Å². The van der Waals surface area contributed by atoms with Gasteiger partial charge >= 0.3 is 0 Å². The van der Waals surface area contributed by atoms with Crippen molar-refractivity contribution in [3.05, 3.63) is 65.2 Å². The first kappa shape index (κ1) is 23.3. The van der Waals surface area contributed by atoms with Crippen molar-refractivity contribution in [3.8, 4) is 0 Å². The largest absolute Gasteiger partial charge is 0.380 e. The lowest BCUT2D eigenvalue weighted by atomic mass is 10.0. The molecule has 27 heavy (non-hydrogen) atoms. The van der Waals surface area contributed by atoms with Crippen LogP contribution >= 0.6 is 24.0 Å². The predicted octanol–water partition coefficient (Wildman–Crippen LogP) is 3.76. The second-order valence-corrected chi connectivity index (χ2v) is 6.06. The monoisotopic (exact) mass is 490 g/mol.